The number of rotatable bonds is 10. The molecule has 0 aliphatic carbocycles. The van der Waals surface area contributed by atoms with E-state index in [1.54, 1.807) is 24.3 Å². The molecule has 0 fully saturated rings. The molecule has 0 radical (unpaired) electrons. The summed E-state index contributed by atoms with van der Waals surface area (Å²) in [5.74, 6) is -2.31. The summed E-state index contributed by atoms with van der Waals surface area (Å²) in [6.07, 6.45) is 0.322. The zero-order chi connectivity index (χ0) is 23.6. The normalized spacial score (nSPS) is 12.4. The zero-order valence-electron chi connectivity index (χ0n) is 18.5. The average molecular weight is 445 g/mol. The van der Waals surface area contributed by atoms with Crippen LogP contribution in [0.2, 0.25) is 0 Å². The van der Waals surface area contributed by atoms with Crippen LogP contribution in [-0.2, 0) is 16.0 Å². The summed E-state index contributed by atoms with van der Waals surface area (Å²) in [4.78, 5) is 37.1. The van der Waals surface area contributed by atoms with E-state index in [0.717, 1.165) is 16.7 Å². The lowest BCUT2D eigenvalue weighted by Gasteiger charge is -2.20. The van der Waals surface area contributed by atoms with Crippen LogP contribution in [0.5, 0.6) is 0 Å². The largest absolute Gasteiger partial charge is 0.481 e. The quantitative estimate of drug-likeness (QED) is 0.442. The fourth-order valence-corrected chi connectivity index (χ4v) is 3.52. The molecule has 0 spiro atoms. The Hall–Kier alpha value is -3.93. The van der Waals surface area contributed by atoms with Gasteiger partial charge in [-0.05, 0) is 36.6 Å². The SMILES string of the molecule is Cc1ccc(CC(CNC(=O)CC(NC(=O)c2ccccc2)c2ccccc2)C(=O)O)cc1. The topological polar surface area (TPSA) is 95.5 Å². The number of carbonyl (C=O) groups is 3. The Labute approximate surface area is 193 Å². The first-order valence-electron chi connectivity index (χ1n) is 10.9. The van der Waals surface area contributed by atoms with Gasteiger partial charge in [0.2, 0.25) is 5.91 Å². The van der Waals surface area contributed by atoms with Crippen LogP contribution in [0.3, 0.4) is 0 Å². The van der Waals surface area contributed by atoms with E-state index in [0.29, 0.717) is 12.0 Å². The molecule has 170 valence electrons. The van der Waals surface area contributed by atoms with Crippen molar-refractivity contribution in [1.29, 1.82) is 0 Å². The second kappa shape index (κ2) is 11.6. The fraction of sp³-hybridized carbons (Fsp3) is 0.222. The van der Waals surface area contributed by atoms with Crippen molar-refractivity contribution in [3.63, 3.8) is 0 Å². The minimum Gasteiger partial charge on any atom is -0.481 e. The molecule has 0 heterocycles. The Kier molecular flexibility index (Phi) is 8.36. The van der Waals surface area contributed by atoms with Crippen LogP contribution in [0.1, 0.15) is 39.5 Å². The van der Waals surface area contributed by atoms with E-state index in [1.807, 2.05) is 67.6 Å². The Bertz CT molecular complexity index is 1070. The molecule has 0 bridgehead atoms. The van der Waals surface area contributed by atoms with Crippen molar-refractivity contribution >= 4 is 17.8 Å². The molecule has 3 rings (SSSR count). The van der Waals surface area contributed by atoms with Crippen molar-refractivity contribution in [2.75, 3.05) is 6.54 Å². The van der Waals surface area contributed by atoms with E-state index < -0.39 is 17.9 Å². The highest BCUT2D eigenvalue weighted by Gasteiger charge is 2.22. The summed E-state index contributed by atoms with van der Waals surface area (Å²) >= 11 is 0. The molecule has 6 nitrogen and oxygen atoms in total. The maximum atomic E-state index is 12.7. The van der Waals surface area contributed by atoms with Crippen LogP contribution < -0.4 is 10.6 Å². The predicted molar refractivity (Wildman–Crippen MR) is 127 cm³/mol. The molecule has 0 aliphatic heterocycles. The lowest BCUT2D eigenvalue weighted by atomic mass is 9.98. The number of aliphatic carboxylic acids is 1. The van der Waals surface area contributed by atoms with Gasteiger partial charge in [-0.3, -0.25) is 14.4 Å². The van der Waals surface area contributed by atoms with Crippen LogP contribution in [0, 0.1) is 12.8 Å². The number of carboxylic acids is 1. The Balaban J connectivity index is 1.63. The molecule has 3 aromatic carbocycles. The second-order valence-corrected chi connectivity index (χ2v) is 8.04. The first kappa shape index (κ1) is 23.7. The first-order valence-corrected chi connectivity index (χ1v) is 10.9. The molecule has 0 aromatic heterocycles. The van der Waals surface area contributed by atoms with Crippen LogP contribution in [0.15, 0.2) is 84.9 Å². The average Bonchev–Trinajstić information content (AvgIpc) is 2.83. The molecule has 0 aliphatic rings. The number of hydrogen-bond acceptors (Lipinski definition) is 3. The zero-order valence-corrected chi connectivity index (χ0v) is 18.5. The van der Waals surface area contributed by atoms with Gasteiger partial charge >= 0.3 is 5.97 Å². The van der Waals surface area contributed by atoms with Gasteiger partial charge in [0.15, 0.2) is 0 Å². The van der Waals surface area contributed by atoms with Gasteiger partial charge in [-0.15, -0.1) is 0 Å². The van der Waals surface area contributed by atoms with Crippen molar-refractivity contribution in [3.8, 4) is 0 Å². The van der Waals surface area contributed by atoms with Crippen LogP contribution >= 0.6 is 0 Å². The smallest absolute Gasteiger partial charge is 0.308 e. The van der Waals surface area contributed by atoms with Crippen molar-refractivity contribution in [3.05, 3.63) is 107 Å². The van der Waals surface area contributed by atoms with Gasteiger partial charge in [0.05, 0.1) is 18.4 Å². The molecular weight excluding hydrogens is 416 g/mol. The lowest BCUT2D eigenvalue weighted by Crippen LogP contribution is -2.37. The molecule has 3 N–H and O–H groups in total. The van der Waals surface area contributed by atoms with E-state index >= 15 is 0 Å². The molecule has 0 saturated heterocycles. The molecule has 2 unspecified atom stereocenters. The van der Waals surface area contributed by atoms with Gasteiger partial charge in [-0.1, -0.05) is 78.4 Å². The summed E-state index contributed by atoms with van der Waals surface area (Å²) in [7, 11) is 0. The minimum absolute atomic E-state index is 0.000538. The number of carbonyl (C=O) groups excluding carboxylic acids is 2. The molecule has 6 heteroatoms. The minimum atomic E-state index is -0.965. The van der Waals surface area contributed by atoms with E-state index in [-0.39, 0.29) is 24.8 Å². The highest BCUT2D eigenvalue weighted by Crippen LogP contribution is 2.18. The number of carboxylic acid groups (broad SMARTS) is 1. The van der Waals surface area contributed by atoms with Gasteiger partial charge in [-0.2, -0.15) is 0 Å². The summed E-state index contributed by atoms with van der Waals surface area (Å²) in [5.41, 5.74) is 3.30. The highest BCUT2D eigenvalue weighted by atomic mass is 16.4. The number of aryl methyl sites for hydroxylation is 1. The number of benzene rings is 3. The van der Waals surface area contributed by atoms with Gasteiger partial charge in [0.1, 0.15) is 0 Å². The second-order valence-electron chi connectivity index (χ2n) is 8.04. The van der Waals surface area contributed by atoms with Gasteiger partial charge in [0, 0.05) is 12.1 Å². The molecule has 2 atom stereocenters. The Morgan fingerprint density at radius 1 is 0.848 bits per heavy atom. The maximum absolute atomic E-state index is 12.7. The van der Waals surface area contributed by atoms with Crippen LogP contribution in [0.4, 0.5) is 0 Å². The number of nitrogens with one attached hydrogen (secondary N) is 2. The molecule has 3 aromatic rings. The third-order valence-electron chi connectivity index (χ3n) is 5.43. The van der Waals surface area contributed by atoms with Crippen LogP contribution in [-0.4, -0.2) is 29.4 Å². The number of amides is 2. The van der Waals surface area contributed by atoms with Gasteiger partial charge in [-0.25, -0.2) is 0 Å². The standard InChI is InChI=1S/C27H28N2O4/c1-19-12-14-20(15-13-19)16-23(27(32)33)18-28-25(30)17-24(21-8-4-2-5-9-21)29-26(31)22-10-6-3-7-11-22/h2-15,23-24H,16-18H2,1H3,(H,28,30)(H,29,31)(H,32,33). The van der Waals surface area contributed by atoms with E-state index in [1.165, 1.54) is 0 Å². The van der Waals surface area contributed by atoms with Crippen molar-refractivity contribution < 1.29 is 19.5 Å². The fourth-order valence-electron chi connectivity index (χ4n) is 3.52. The summed E-state index contributed by atoms with van der Waals surface area (Å²) in [5, 5.41) is 15.3. The van der Waals surface area contributed by atoms with E-state index in [9.17, 15) is 19.5 Å². The Morgan fingerprint density at radius 2 is 1.45 bits per heavy atom. The lowest BCUT2D eigenvalue weighted by molar-refractivity contribution is -0.141. The monoisotopic (exact) mass is 444 g/mol. The van der Waals surface area contributed by atoms with Crippen molar-refractivity contribution in [2.45, 2.75) is 25.8 Å². The van der Waals surface area contributed by atoms with Crippen molar-refractivity contribution in [2.24, 2.45) is 5.92 Å². The Morgan fingerprint density at radius 3 is 2.06 bits per heavy atom. The number of hydrogen-bond donors (Lipinski definition) is 3. The van der Waals surface area contributed by atoms with Gasteiger partial charge < -0.3 is 15.7 Å². The molecular formula is C27H28N2O4. The third-order valence-corrected chi connectivity index (χ3v) is 5.43. The third kappa shape index (κ3) is 7.31. The molecule has 33 heavy (non-hydrogen) atoms. The summed E-state index contributed by atoms with van der Waals surface area (Å²) < 4.78 is 0. The molecule has 2 amide bonds. The van der Waals surface area contributed by atoms with E-state index in [4.69, 9.17) is 0 Å². The van der Waals surface area contributed by atoms with E-state index in [2.05, 4.69) is 10.6 Å². The van der Waals surface area contributed by atoms with Crippen molar-refractivity contribution in [1.82, 2.24) is 10.6 Å². The van der Waals surface area contributed by atoms with Gasteiger partial charge in [0.25, 0.3) is 5.91 Å². The molecule has 0 saturated carbocycles. The van der Waals surface area contributed by atoms with Crippen LogP contribution in [0.25, 0.3) is 0 Å². The maximum Gasteiger partial charge on any atom is 0.308 e. The highest BCUT2D eigenvalue weighted by molar-refractivity contribution is 5.94. The first-order chi connectivity index (χ1) is 15.9. The summed E-state index contributed by atoms with van der Waals surface area (Å²) in [6, 6.07) is 25.2. The predicted octanol–water partition coefficient (Wildman–Crippen LogP) is 3.92. The summed E-state index contributed by atoms with van der Waals surface area (Å²) in [6.45, 7) is 1.98.